The first-order valence-electron chi connectivity index (χ1n) is 7.86. The third-order valence-corrected chi connectivity index (χ3v) is 5.07. The van der Waals surface area contributed by atoms with Gasteiger partial charge in [0, 0.05) is 24.0 Å². The summed E-state index contributed by atoms with van der Waals surface area (Å²) in [5.74, 6) is -0.103. The van der Waals surface area contributed by atoms with E-state index in [0.717, 1.165) is 23.2 Å². The molecule has 2 aromatic rings. The van der Waals surface area contributed by atoms with Gasteiger partial charge in [-0.25, -0.2) is 4.79 Å². The molecular weight excluding hydrogens is 288 g/mol. The average Bonchev–Trinajstić information content (AvgIpc) is 3.05. The molecule has 4 nitrogen and oxygen atoms in total. The summed E-state index contributed by atoms with van der Waals surface area (Å²) in [6.45, 7) is 1.88. The van der Waals surface area contributed by atoms with E-state index in [1.165, 1.54) is 5.56 Å². The van der Waals surface area contributed by atoms with Gasteiger partial charge in [-0.05, 0) is 48.1 Å². The Morgan fingerprint density at radius 3 is 2.96 bits per heavy atom. The Morgan fingerprint density at radius 2 is 2.22 bits per heavy atom. The molecule has 1 aliphatic heterocycles. The zero-order chi connectivity index (χ0) is 16.0. The zero-order valence-electron chi connectivity index (χ0n) is 12.9. The monoisotopic (exact) mass is 306 g/mol. The van der Waals surface area contributed by atoms with Crippen molar-refractivity contribution in [3.8, 4) is 0 Å². The van der Waals surface area contributed by atoms with Gasteiger partial charge in [-0.1, -0.05) is 24.3 Å². The van der Waals surface area contributed by atoms with Crippen LogP contribution in [0.4, 0.5) is 5.69 Å². The molecule has 116 valence electrons. The first-order valence-corrected chi connectivity index (χ1v) is 7.86. The number of anilines is 1. The van der Waals surface area contributed by atoms with Gasteiger partial charge in [0.25, 0.3) is 0 Å². The lowest BCUT2D eigenvalue weighted by molar-refractivity contribution is 0.0696. The van der Waals surface area contributed by atoms with Crippen LogP contribution in [0.5, 0.6) is 0 Å². The molecule has 1 aromatic carbocycles. The van der Waals surface area contributed by atoms with E-state index in [1.807, 2.05) is 25.3 Å². The van der Waals surface area contributed by atoms with Gasteiger partial charge in [0.05, 0.1) is 11.6 Å². The highest BCUT2D eigenvalue weighted by molar-refractivity contribution is 5.92. The highest BCUT2D eigenvalue weighted by Crippen LogP contribution is 2.50. The Hall–Kier alpha value is -2.62. The van der Waals surface area contributed by atoms with Crippen LogP contribution in [-0.2, 0) is 0 Å². The van der Waals surface area contributed by atoms with E-state index in [0.29, 0.717) is 17.4 Å². The third kappa shape index (κ3) is 2.13. The van der Waals surface area contributed by atoms with Crippen molar-refractivity contribution in [2.24, 2.45) is 5.92 Å². The summed E-state index contributed by atoms with van der Waals surface area (Å²) in [5.41, 5.74) is 4.49. The van der Waals surface area contributed by atoms with Crippen molar-refractivity contribution in [1.82, 2.24) is 4.98 Å². The minimum atomic E-state index is -0.880. The quantitative estimate of drug-likeness (QED) is 0.826. The molecule has 0 saturated carbocycles. The molecule has 4 heteroatoms. The van der Waals surface area contributed by atoms with E-state index < -0.39 is 5.97 Å². The maximum atomic E-state index is 11.4. The number of nitrogens with one attached hydrogen (secondary N) is 1. The Kier molecular flexibility index (Phi) is 3.18. The van der Waals surface area contributed by atoms with E-state index in [2.05, 4.69) is 28.5 Å². The van der Waals surface area contributed by atoms with Crippen LogP contribution in [0.25, 0.3) is 0 Å². The molecule has 0 spiro atoms. The largest absolute Gasteiger partial charge is 0.478 e. The molecule has 0 fully saturated rings. The normalized spacial score (nSPS) is 24.7. The number of hydrogen-bond acceptors (Lipinski definition) is 3. The fourth-order valence-corrected chi connectivity index (χ4v) is 3.94. The number of rotatable bonds is 2. The molecule has 1 aromatic heterocycles. The molecular formula is C19H18N2O2. The molecule has 0 bridgehead atoms. The minimum Gasteiger partial charge on any atom is -0.478 e. The van der Waals surface area contributed by atoms with Crippen LogP contribution < -0.4 is 5.32 Å². The zero-order valence-corrected chi connectivity index (χ0v) is 12.9. The fourth-order valence-electron chi connectivity index (χ4n) is 3.94. The standard InChI is InChI=1S/C19H18N2O2/c1-11-13(19(22)23)7-8-16-14-5-2-6-15(14)18(21-17(11)16)12-4-3-9-20-10-12/h2-5,7-10,14-15,18,21H,6H2,1H3,(H,22,23)/t14-,15+,18+/m0/s1. The summed E-state index contributed by atoms with van der Waals surface area (Å²) in [5, 5.41) is 13.0. The van der Waals surface area contributed by atoms with Gasteiger partial charge < -0.3 is 10.4 Å². The number of carboxylic acids is 1. The van der Waals surface area contributed by atoms with Crippen LogP contribution in [0, 0.1) is 12.8 Å². The number of aromatic nitrogens is 1. The van der Waals surface area contributed by atoms with E-state index in [-0.39, 0.29) is 6.04 Å². The molecule has 3 atom stereocenters. The van der Waals surface area contributed by atoms with Gasteiger partial charge >= 0.3 is 5.97 Å². The van der Waals surface area contributed by atoms with Crippen molar-refractivity contribution in [2.75, 3.05) is 5.32 Å². The maximum Gasteiger partial charge on any atom is 0.336 e. The summed E-state index contributed by atoms with van der Waals surface area (Å²) in [6.07, 6.45) is 9.19. The SMILES string of the molecule is Cc1c(C(=O)O)ccc2c1N[C@H](c1cccnc1)[C@@H]1CC=C[C@H]21. The summed E-state index contributed by atoms with van der Waals surface area (Å²) >= 11 is 0. The molecule has 1 aliphatic carbocycles. The predicted octanol–water partition coefficient (Wildman–Crippen LogP) is 3.91. The fraction of sp³-hybridized carbons (Fsp3) is 0.263. The number of aromatic carboxylic acids is 1. The number of carboxylic acid groups (broad SMARTS) is 1. The van der Waals surface area contributed by atoms with Crippen molar-refractivity contribution in [3.05, 3.63) is 71.1 Å². The highest BCUT2D eigenvalue weighted by Gasteiger charge is 2.38. The first-order chi connectivity index (χ1) is 11.2. The van der Waals surface area contributed by atoms with E-state index in [9.17, 15) is 9.90 Å². The lowest BCUT2D eigenvalue weighted by Crippen LogP contribution is -2.30. The second-order valence-electron chi connectivity index (χ2n) is 6.27. The molecule has 23 heavy (non-hydrogen) atoms. The number of allylic oxidation sites excluding steroid dienone is 2. The minimum absolute atomic E-state index is 0.152. The molecule has 2 heterocycles. The van der Waals surface area contributed by atoms with Crippen molar-refractivity contribution in [3.63, 3.8) is 0 Å². The van der Waals surface area contributed by atoms with Crippen LogP contribution in [0.15, 0.2) is 48.8 Å². The van der Waals surface area contributed by atoms with Crippen molar-refractivity contribution >= 4 is 11.7 Å². The lowest BCUT2D eigenvalue weighted by Gasteiger charge is -2.38. The Bertz CT molecular complexity index is 799. The number of nitrogens with zero attached hydrogens (tertiary/aromatic N) is 1. The number of pyridine rings is 1. The van der Waals surface area contributed by atoms with Crippen LogP contribution in [-0.4, -0.2) is 16.1 Å². The third-order valence-electron chi connectivity index (χ3n) is 5.07. The first kappa shape index (κ1) is 14.0. The lowest BCUT2D eigenvalue weighted by atomic mass is 9.76. The smallest absolute Gasteiger partial charge is 0.336 e. The predicted molar refractivity (Wildman–Crippen MR) is 88.7 cm³/mol. The van der Waals surface area contributed by atoms with Crippen LogP contribution in [0.3, 0.4) is 0 Å². The van der Waals surface area contributed by atoms with Gasteiger partial charge in [-0.3, -0.25) is 4.98 Å². The number of benzene rings is 1. The van der Waals surface area contributed by atoms with Gasteiger partial charge in [-0.2, -0.15) is 0 Å². The van der Waals surface area contributed by atoms with E-state index >= 15 is 0 Å². The molecule has 2 N–H and O–H groups in total. The molecule has 4 rings (SSSR count). The second kappa shape index (κ2) is 5.23. The van der Waals surface area contributed by atoms with Gasteiger partial charge in [0.15, 0.2) is 0 Å². The summed E-state index contributed by atoms with van der Waals surface area (Å²) in [4.78, 5) is 15.7. The number of carbonyl (C=O) groups is 1. The number of hydrogen-bond donors (Lipinski definition) is 2. The Morgan fingerprint density at radius 1 is 1.35 bits per heavy atom. The van der Waals surface area contributed by atoms with Crippen LogP contribution in [0.1, 0.15) is 45.4 Å². The van der Waals surface area contributed by atoms with Crippen molar-refractivity contribution < 1.29 is 9.90 Å². The van der Waals surface area contributed by atoms with Gasteiger partial charge in [0.1, 0.15) is 0 Å². The van der Waals surface area contributed by atoms with Crippen molar-refractivity contribution in [2.45, 2.75) is 25.3 Å². The average molecular weight is 306 g/mol. The van der Waals surface area contributed by atoms with Gasteiger partial charge in [-0.15, -0.1) is 0 Å². The Labute approximate surface area is 134 Å². The summed E-state index contributed by atoms with van der Waals surface area (Å²) < 4.78 is 0. The summed E-state index contributed by atoms with van der Waals surface area (Å²) in [6, 6.07) is 7.88. The second-order valence-corrected chi connectivity index (χ2v) is 6.27. The summed E-state index contributed by atoms with van der Waals surface area (Å²) in [7, 11) is 0. The van der Waals surface area contributed by atoms with Crippen molar-refractivity contribution in [1.29, 1.82) is 0 Å². The van der Waals surface area contributed by atoms with E-state index in [4.69, 9.17) is 0 Å². The maximum absolute atomic E-state index is 11.4. The molecule has 0 amide bonds. The molecule has 0 radical (unpaired) electrons. The van der Waals surface area contributed by atoms with E-state index in [1.54, 1.807) is 12.3 Å². The molecule has 0 saturated heterocycles. The van der Waals surface area contributed by atoms with Crippen LogP contribution in [0.2, 0.25) is 0 Å². The van der Waals surface area contributed by atoms with Crippen LogP contribution >= 0.6 is 0 Å². The van der Waals surface area contributed by atoms with Gasteiger partial charge in [0.2, 0.25) is 0 Å². The topological polar surface area (TPSA) is 62.2 Å². The highest BCUT2D eigenvalue weighted by atomic mass is 16.4. The molecule has 2 aliphatic rings. The number of fused-ring (bicyclic) bond motifs is 3. The molecule has 0 unspecified atom stereocenters. The Balaban J connectivity index is 1.85.